The number of ether oxygens (including phenoxy) is 1. The van der Waals surface area contributed by atoms with Crippen LogP contribution in [0.3, 0.4) is 0 Å². The summed E-state index contributed by atoms with van der Waals surface area (Å²) >= 11 is 10.2. The molecule has 0 aliphatic rings. The number of benzene rings is 2. The highest BCUT2D eigenvalue weighted by Crippen LogP contribution is 2.33. The summed E-state index contributed by atoms with van der Waals surface area (Å²) in [5.74, 6) is 0.474. The molecule has 0 unspecified atom stereocenters. The number of hydrogen-bond donors (Lipinski definition) is 1. The zero-order valence-electron chi connectivity index (χ0n) is 11.2. The van der Waals surface area contributed by atoms with Crippen LogP contribution in [-0.4, -0.2) is 6.61 Å². The van der Waals surface area contributed by atoms with Crippen LogP contribution in [0.4, 0.5) is 10.1 Å². The fraction of sp³-hybridized carbons (Fsp3) is 0.200. The molecule has 21 heavy (non-hydrogen) atoms. The molecule has 0 saturated carbocycles. The summed E-state index contributed by atoms with van der Waals surface area (Å²) in [7, 11) is 0. The molecule has 112 valence electrons. The standard InChI is InChI=1S/C15H13Br3FNO/c1-2-21-15-9(5-11(17)6-12(15)18)8-20-14-4-3-10(16)7-13(14)19/h3-7,20H,2,8H2,1H3. The molecule has 0 fully saturated rings. The van der Waals surface area contributed by atoms with Gasteiger partial charge in [-0.05, 0) is 53.2 Å². The smallest absolute Gasteiger partial charge is 0.147 e. The van der Waals surface area contributed by atoms with Crippen LogP contribution in [0, 0.1) is 5.82 Å². The normalized spacial score (nSPS) is 10.5. The lowest BCUT2D eigenvalue weighted by molar-refractivity contribution is 0.334. The Hall–Kier alpha value is -0.590. The van der Waals surface area contributed by atoms with Crippen molar-refractivity contribution in [3.05, 3.63) is 55.1 Å². The fourth-order valence-electron chi connectivity index (χ4n) is 1.87. The van der Waals surface area contributed by atoms with Crippen molar-refractivity contribution in [2.75, 3.05) is 11.9 Å². The largest absolute Gasteiger partial charge is 0.492 e. The van der Waals surface area contributed by atoms with Gasteiger partial charge in [0.1, 0.15) is 11.6 Å². The van der Waals surface area contributed by atoms with Crippen LogP contribution < -0.4 is 10.1 Å². The maximum Gasteiger partial charge on any atom is 0.147 e. The molecule has 1 N–H and O–H groups in total. The van der Waals surface area contributed by atoms with Crippen LogP contribution in [-0.2, 0) is 6.54 Å². The molecule has 0 bridgehead atoms. The molecule has 2 aromatic rings. The Morgan fingerprint density at radius 2 is 1.86 bits per heavy atom. The van der Waals surface area contributed by atoms with Gasteiger partial charge in [-0.25, -0.2) is 4.39 Å². The molecule has 2 nitrogen and oxygen atoms in total. The first-order chi connectivity index (χ1) is 10.0. The van der Waals surface area contributed by atoms with E-state index in [-0.39, 0.29) is 5.82 Å². The van der Waals surface area contributed by atoms with Gasteiger partial charge in [0.15, 0.2) is 0 Å². The Bertz CT molecular complexity index is 649. The van der Waals surface area contributed by atoms with Gasteiger partial charge >= 0.3 is 0 Å². The fourth-order valence-corrected chi connectivity index (χ4v) is 3.64. The summed E-state index contributed by atoms with van der Waals surface area (Å²) in [6, 6.07) is 8.81. The van der Waals surface area contributed by atoms with Gasteiger partial charge in [-0.15, -0.1) is 0 Å². The van der Waals surface area contributed by atoms with E-state index < -0.39 is 0 Å². The number of halogens is 4. The van der Waals surface area contributed by atoms with Gasteiger partial charge in [-0.2, -0.15) is 0 Å². The Morgan fingerprint density at radius 3 is 2.52 bits per heavy atom. The highest BCUT2D eigenvalue weighted by atomic mass is 79.9. The molecule has 0 saturated heterocycles. The molecule has 0 heterocycles. The zero-order chi connectivity index (χ0) is 15.4. The highest BCUT2D eigenvalue weighted by Gasteiger charge is 2.11. The molecule has 0 aromatic heterocycles. The first-order valence-corrected chi connectivity index (χ1v) is 8.68. The van der Waals surface area contributed by atoms with Crippen molar-refractivity contribution in [2.24, 2.45) is 0 Å². The van der Waals surface area contributed by atoms with Crippen molar-refractivity contribution >= 4 is 53.5 Å². The van der Waals surface area contributed by atoms with Gasteiger partial charge in [0.25, 0.3) is 0 Å². The first-order valence-electron chi connectivity index (χ1n) is 6.31. The molecule has 0 radical (unpaired) electrons. The van der Waals surface area contributed by atoms with Crippen molar-refractivity contribution in [3.63, 3.8) is 0 Å². The van der Waals surface area contributed by atoms with Gasteiger partial charge < -0.3 is 10.1 Å². The van der Waals surface area contributed by atoms with Crippen LogP contribution in [0.15, 0.2) is 43.7 Å². The van der Waals surface area contributed by atoms with Gasteiger partial charge in [0.2, 0.25) is 0 Å². The summed E-state index contributed by atoms with van der Waals surface area (Å²) in [5, 5.41) is 3.09. The number of nitrogens with one attached hydrogen (secondary N) is 1. The number of hydrogen-bond acceptors (Lipinski definition) is 2. The molecule has 0 aliphatic heterocycles. The van der Waals surface area contributed by atoms with E-state index in [4.69, 9.17) is 4.74 Å². The van der Waals surface area contributed by atoms with Crippen LogP contribution in [0.1, 0.15) is 12.5 Å². The topological polar surface area (TPSA) is 21.3 Å². The van der Waals surface area contributed by atoms with Crippen molar-refractivity contribution < 1.29 is 9.13 Å². The minimum Gasteiger partial charge on any atom is -0.492 e. The molecule has 0 amide bonds. The van der Waals surface area contributed by atoms with Gasteiger partial charge in [-0.1, -0.05) is 31.9 Å². The van der Waals surface area contributed by atoms with E-state index in [1.807, 2.05) is 19.1 Å². The van der Waals surface area contributed by atoms with Crippen molar-refractivity contribution in [3.8, 4) is 5.75 Å². The third kappa shape index (κ3) is 4.44. The summed E-state index contributed by atoms with van der Waals surface area (Å²) in [6.07, 6.45) is 0. The second-order valence-electron chi connectivity index (χ2n) is 4.29. The maximum atomic E-state index is 13.8. The lowest BCUT2D eigenvalue weighted by Gasteiger charge is -2.14. The van der Waals surface area contributed by atoms with Gasteiger partial charge in [0, 0.05) is 21.1 Å². The monoisotopic (exact) mass is 479 g/mol. The number of rotatable bonds is 5. The highest BCUT2D eigenvalue weighted by molar-refractivity contribution is 9.11. The summed E-state index contributed by atoms with van der Waals surface area (Å²) in [5.41, 5.74) is 1.40. The Balaban J connectivity index is 2.22. The molecular formula is C15H13Br3FNO. The molecule has 6 heteroatoms. The zero-order valence-corrected chi connectivity index (χ0v) is 16.0. The predicted octanol–water partition coefficient (Wildman–Crippen LogP) is 6.12. The van der Waals surface area contributed by atoms with Crippen LogP contribution >= 0.6 is 47.8 Å². The molecule has 0 spiro atoms. The van der Waals surface area contributed by atoms with E-state index in [2.05, 4.69) is 53.1 Å². The van der Waals surface area contributed by atoms with Crippen molar-refractivity contribution in [1.82, 2.24) is 0 Å². The lowest BCUT2D eigenvalue weighted by Crippen LogP contribution is -2.05. The van der Waals surface area contributed by atoms with Crippen molar-refractivity contribution in [1.29, 1.82) is 0 Å². The average molecular weight is 482 g/mol. The SMILES string of the molecule is CCOc1c(Br)cc(Br)cc1CNc1ccc(Br)cc1F. The van der Waals surface area contributed by atoms with E-state index in [1.165, 1.54) is 6.07 Å². The quantitative estimate of drug-likeness (QED) is 0.555. The average Bonchev–Trinajstić information content (AvgIpc) is 2.41. The molecule has 2 rings (SSSR count). The minimum atomic E-state index is -0.295. The van der Waals surface area contributed by atoms with Crippen LogP contribution in [0.5, 0.6) is 5.75 Å². The summed E-state index contributed by atoms with van der Waals surface area (Å²) in [4.78, 5) is 0. The molecule has 2 aromatic carbocycles. The molecular weight excluding hydrogens is 469 g/mol. The van der Waals surface area contributed by atoms with Crippen molar-refractivity contribution in [2.45, 2.75) is 13.5 Å². The third-order valence-electron chi connectivity index (χ3n) is 2.77. The summed E-state index contributed by atoms with van der Waals surface area (Å²) in [6.45, 7) is 2.96. The Kier molecular flexibility index (Phi) is 6.08. The summed E-state index contributed by atoms with van der Waals surface area (Å²) < 4.78 is 22.0. The lowest BCUT2D eigenvalue weighted by atomic mass is 10.2. The van der Waals surface area contributed by atoms with E-state index in [0.29, 0.717) is 23.3 Å². The minimum absolute atomic E-state index is 0.295. The van der Waals surface area contributed by atoms with Crippen LogP contribution in [0.2, 0.25) is 0 Å². The van der Waals surface area contributed by atoms with E-state index in [9.17, 15) is 4.39 Å². The van der Waals surface area contributed by atoms with Gasteiger partial charge in [0.05, 0.1) is 16.8 Å². The third-order valence-corrected chi connectivity index (χ3v) is 4.31. The van der Waals surface area contributed by atoms with E-state index in [1.54, 1.807) is 12.1 Å². The molecule has 0 atom stereocenters. The second kappa shape index (κ2) is 7.61. The Morgan fingerprint density at radius 1 is 1.10 bits per heavy atom. The van der Waals surface area contributed by atoms with Crippen LogP contribution in [0.25, 0.3) is 0 Å². The van der Waals surface area contributed by atoms with E-state index in [0.717, 1.165) is 20.3 Å². The predicted molar refractivity (Wildman–Crippen MR) is 94.4 cm³/mol. The maximum absolute atomic E-state index is 13.8. The first kappa shape index (κ1) is 16.8. The van der Waals surface area contributed by atoms with Gasteiger partial charge in [-0.3, -0.25) is 0 Å². The Labute approximate surface area is 148 Å². The second-order valence-corrected chi connectivity index (χ2v) is 6.97. The number of anilines is 1. The molecule has 0 aliphatic carbocycles. The van der Waals surface area contributed by atoms with E-state index >= 15 is 0 Å².